The standard InChI is InChI=1S/C12H12F3NO2S/c1-8(17)19-5-3-4-9-6-10(12(13,14)15)7-16-11(9)18-2/h3-4,6-7H,5H2,1-2H3. The molecule has 0 fully saturated rings. The third-order valence-electron chi connectivity index (χ3n) is 2.08. The molecule has 0 spiro atoms. The predicted molar refractivity (Wildman–Crippen MR) is 68.0 cm³/mol. The maximum atomic E-state index is 12.5. The summed E-state index contributed by atoms with van der Waals surface area (Å²) < 4.78 is 42.5. The van der Waals surface area contributed by atoms with E-state index in [1.807, 2.05) is 0 Å². The molecule has 0 atom stereocenters. The maximum Gasteiger partial charge on any atom is 0.417 e. The Morgan fingerprint density at radius 2 is 2.21 bits per heavy atom. The molecule has 0 unspecified atom stereocenters. The molecule has 0 aliphatic heterocycles. The third kappa shape index (κ3) is 4.94. The first-order valence-electron chi connectivity index (χ1n) is 5.25. The highest BCUT2D eigenvalue weighted by Gasteiger charge is 2.31. The SMILES string of the molecule is COc1ncc(C(F)(F)F)cc1C=CCSC(C)=O. The van der Waals surface area contributed by atoms with Crippen LogP contribution in [0.15, 0.2) is 18.3 Å². The number of alkyl halides is 3. The van der Waals surface area contributed by atoms with Gasteiger partial charge in [-0.25, -0.2) is 4.98 Å². The fourth-order valence-electron chi connectivity index (χ4n) is 1.25. The van der Waals surface area contributed by atoms with Gasteiger partial charge in [-0.1, -0.05) is 23.9 Å². The Kier molecular flexibility index (Phi) is 5.41. The van der Waals surface area contributed by atoms with Crippen LogP contribution in [0.4, 0.5) is 13.2 Å². The van der Waals surface area contributed by atoms with Crippen LogP contribution < -0.4 is 4.74 Å². The summed E-state index contributed by atoms with van der Waals surface area (Å²) >= 11 is 1.06. The molecule has 1 aromatic rings. The van der Waals surface area contributed by atoms with Crippen LogP contribution in [0.3, 0.4) is 0 Å². The molecule has 0 radical (unpaired) electrons. The number of methoxy groups -OCH3 is 1. The number of thioether (sulfide) groups is 1. The molecule has 0 aromatic carbocycles. The zero-order valence-electron chi connectivity index (χ0n) is 10.3. The summed E-state index contributed by atoms with van der Waals surface area (Å²) in [5.74, 6) is 0.492. The molecule has 0 saturated heterocycles. The molecule has 0 aliphatic rings. The molecule has 0 N–H and O–H groups in total. The summed E-state index contributed by atoms with van der Waals surface area (Å²) in [6.07, 6.45) is -0.681. The molecule has 3 nitrogen and oxygen atoms in total. The van der Waals surface area contributed by atoms with Gasteiger partial charge in [-0.05, 0) is 6.07 Å². The molecular weight excluding hydrogens is 279 g/mol. The summed E-state index contributed by atoms with van der Waals surface area (Å²) in [5, 5.41) is -0.0567. The van der Waals surface area contributed by atoms with Gasteiger partial charge in [-0.2, -0.15) is 13.2 Å². The Bertz CT molecular complexity index is 486. The first kappa shape index (κ1) is 15.6. The van der Waals surface area contributed by atoms with Crippen molar-refractivity contribution in [2.75, 3.05) is 12.9 Å². The average molecular weight is 291 g/mol. The van der Waals surface area contributed by atoms with E-state index in [1.165, 1.54) is 20.1 Å². The van der Waals surface area contributed by atoms with E-state index < -0.39 is 11.7 Å². The van der Waals surface area contributed by atoms with Gasteiger partial charge in [0.2, 0.25) is 5.88 Å². The summed E-state index contributed by atoms with van der Waals surface area (Å²) in [5.41, 5.74) is -0.617. The molecule has 1 rings (SSSR count). The van der Waals surface area contributed by atoms with Crippen molar-refractivity contribution < 1.29 is 22.7 Å². The summed E-state index contributed by atoms with van der Waals surface area (Å²) in [6, 6.07) is 0.959. The Hall–Kier alpha value is -1.50. The zero-order valence-corrected chi connectivity index (χ0v) is 11.1. The summed E-state index contributed by atoms with van der Waals surface area (Å²) in [7, 11) is 1.33. The molecule has 0 amide bonds. The second-order valence-electron chi connectivity index (χ2n) is 3.53. The highest BCUT2D eigenvalue weighted by Crippen LogP contribution is 2.31. The first-order chi connectivity index (χ1) is 8.84. The van der Waals surface area contributed by atoms with Crippen LogP contribution >= 0.6 is 11.8 Å². The van der Waals surface area contributed by atoms with Gasteiger partial charge in [0.1, 0.15) is 0 Å². The van der Waals surface area contributed by atoms with Crippen LogP contribution in [0.2, 0.25) is 0 Å². The molecule has 0 aliphatic carbocycles. The van der Waals surface area contributed by atoms with E-state index in [0.29, 0.717) is 5.75 Å². The number of nitrogens with zero attached hydrogens (tertiary/aromatic N) is 1. The number of aromatic nitrogens is 1. The Balaban J connectivity index is 2.93. The number of hydrogen-bond donors (Lipinski definition) is 0. The van der Waals surface area contributed by atoms with Crippen molar-refractivity contribution in [3.05, 3.63) is 29.5 Å². The van der Waals surface area contributed by atoms with E-state index in [2.05, 4.69) is 4.98 Å². The van der Waals surface area contributed by atoms with Crippen LogP contribution in [-0.2, 0) is 11.0 Å². The van der Waals surface area contributed by atoms with E-state index in [1.54, 1.807) is 6.08 Å². The smallest absolute Gasteiger partial charge is 0.417 e. The van der Waals surface area contributed by atoms with Crippen LogP contribution in [0.1, 0.15) is 18.1 Å². The van der Waals surface area contributed by atoms with Crippen molar-refractivity contribution >= 4 is 23.0 Å². The molecule has 0 saturated carbocycles. The Morgan fingerprint density at radius 3 is 2.74 bits per heavy atom. The lowest BCUT2D eigenvalue weighted by molar-refractivity contribution is -0.137. The monoisotopic (exact) mass is 291 g/mol. The van der Waals surface area contributed by atoms with Crippen molar-refractivity contribution in [1.29, 1.82) is 0 Å². The number of pyridine rings is 1. The van der Waals surface area contributed by atoms with Gasteiger partial charge in [-0.15, -0.1) is 0 Å². The number of halogens is 3. The lowest BCUT2D eigenvalue weighted by Gasteiger charge is -2.09. The molecular formula is C12H12F3NO2S. The van der Waals surface area contributed by atoms with E-state index in [-0.39, 0.29) is 16.6 Å². The molecule has 7 heteroatoms. The number of carbonyl (C=O) groups is 1. The van der Waals surface area contributed by atoms with Gasteiger partial charge in [-0.3, -0.25) is 4.79 Å². The van der Waals surface area contributed by atoms with E-state index >= 15 is 0 Å². The Morgan fingerprint density at radius 1 is 1.53 bits per heavy atom. The van der Waals surface area contributed by atoms with Crippen molar-refractivity contribution in [2.24, 2.45) is 0 Å². The fourth-order valence-corrected chi connectivity index (χ4v) is 1.68. The quantitative estimate of drug-likeness (QED) is 0.852. The van der Waals surface area contributed by atoms with Gasteiger partial charge < -0.3 is 4.74 Å². The highest BCUT2D eigenvalue weighted by molar-refractivity contribution is 8.13. The van der Waals surface area contributed by atoms with Crippen LogP contribution in [0, 0.1) is 0 Å². The topological polar surface area (TPSA) is 39.2 Å². The van der Waals surface area contributed by atoms with Crippen molar-refractivity contribution in [3.8, 4) is 5.88 Å². The summed E-state index contributed by atoms with van der Waals surface area (Å²) in [6.45, 7) is 1.42. The minimum atomic E-state index is -4.45. The Labute approximate surface area is 112 Å². The van der Waals surface area contributed by atoms with Gasteiger partial charge in [0.15, 0.2) is 5.12 Å². The van der Waals surface area contributed by atoms with Gasteiger partial charge in [0.05, 0.1) is 12.7 Å². The molecule has 19 heavy (non-hydrogen) atoms. The van der Waals surface area contributed by atoms with E-state index in [0.717, 1.165) is 24.0 Å². The average Bonchev–Trinajstić information content (AvgIpc) is 2.33. The van der Waals surface area contributed by atoms with Crippen LogP contribution in [0.5, 0.6) is 5.88 Å². The minimum absolute atomic E-state index is 0.0567. The molecule has 1 heterocycles. The van der Waals surface area contributed by atoms with Crippen LogP contribution in [0.25, 0.3) is 6.08 Å². The number of carbonyl (C=O) groups excluding carboxylic acids is 1. The van der Waals surface area contributed by atoms with Gasteiger partial charge in [0, 0.05) is 24.4 Å². The minimum Gasteiger partial charge on any atom is -0.481 e. The lowest BCUT2D eigenvalue weighted by Crippen LogP contribution is -2.06. The second-order valence-corrected chi connectivity index (χ2v) is 4.72. The van der Waals surface area contributed by atoms with E-state index in [4.69, 9.17) is 4.74 Å². The van der Waals surface area contributed by atoms with E-state index in [9.17, 15) is 18.0 Å². The highest BCUT2D eigenvalue weighted by atomic mass is 32.2. The fraction of sp³-hybridized carbons (Fsp3) is 0.333. The largest absolute Gasteiger partial charge is 0.481 e. The number of rotatable bonds is 4. The lowest BCUT2D eigenvalue weighted by atomic mass is 10.2. The van der Waals surface area contributed by atoms with Crippen molar-refractivity contribution in [1.82, 2.24) is 4.98 Å². The van der Waals surface area contributed by atoms with Gasteiger partial charge in [0.25, 0.3) is 0 Å². The van der Waals surface area contributed by atoms with Crippen molar-refractivity contribution in [3.63, 3.8) is 0 Å². The molecule has 104 valence electrons. The number of hydrogen-bond acceptors (Lipinski definition) is 4. The predicted octanol–water partition coefficient (Wildman–Crippen LogP) is 3.40. The van der Waals surface area contributed by atoms with Gasteiger partial charge >= 0.3 is 6.18 Å². The normalized spacial score (nSPS) is 11.8. The zero-order chi connectivity index (χ0) is 14.5. The molecule has 0 bridgehead atoms. The second kappa shape index (κ2) is 6.60. The third-order valence-corrected chi connectivity index (χ3v) is 2.85. The maximum absolute atomic E-state index is 12.5. The molecule has 1 aromatic heterocycles. The van der Waals surface area contributed by atoms with Crippen molar-refractivity contribution in [2.45, 2.75) is 13.1 Å². The first-order valence-corrected chi connectivity index (χ1v) is 6.24. The number of ether oxygens (including phenoxy) is 1. The summed E-state index contributed by atoms with van der Waals surface area (Å²) in [4.78, 5) is 14.3. The van der Waals surface area contributed by atoms with Crippen LogP contribution in [-0.4, -0.2) is 23.0 Å².